The van der Waals surface area contributed by atoms with Crippen LogP contribution in [0.2, 0.25) is 0 Å². The van der Waals surface area contributed by atoms with Gasteiger partial charge in [-0.1, -0.05) is 0 Å². The van der Waals surface area contributed by atoms with Crippen molar-refractivity contribution in [3.05, 3.63) is 0 Å². The molecule has 1 heterocycles. The van der Waals surface area contributed by atoms with Crippen LogP contribution in [-0.2, 0) is 14.4 Å². The van der Waals surface area contributed by atoms with Crippen molar-refractivity contribution in [1.82, 2.24) is 9.96 Å². The Hall–Kier alpha value is -0.650. The molecule has 0 spiro atoms. The molecule has 0 radical (unpaired) electrons. The first-order chi connectivity index (χ1) is 6.76. The minimum Gasteiger partial charge on any atom is -0.465 e. The van der Waals surface area contributed by atoms with Crippen LogP contribution < -0.4 is 0 Å². The lowest BCUT2D eigenvalue weighted by Crippen LogP contribution is -2.47. The highest BCUT2D eigenvalue weighted by atomic mass is 16.7. The fourth-order valence-electron chi connectivity index (χ4n) is 1.46. The van der Waals surface area contributed by atoms with Crippen LogP contribution in [0, 0.1) is 0 Å². The van der Waals surface area contributed by atoms with Crippen molar-refractivity contribution in [2.24, 2.45) is 0 Å². The smallest absolute Gasteiger partial charge is 0.320 e. The molecule has 1 saturated heterocycles. The summed E-state index contributed by atoms with van der Waals surface area (Å²) < 4.78 is 4.87. The number of piperazine rings is 1. The molecule has 1 rings (SSSR count). The van der Waals surface area contributed by atoms with Gasteiger partial charge in [-0.25, -0.2) is 0 Å². The van der Waals surface area contributed by atoms with E-state index >= 15 is 0 Å². The first kappa shape index (κ1) is 11.4. The van der Waals surface area contributed by atoms with E-state index in [0.717, 1.165) is 26.2 Å². The van der Waals surface area contributed by atoms with Gasteiger partial charge in [0.1, 0.15) is 0 Å². The number of hydroxylamine groups is 2. The third-order valence-corrected chi connectivity index (χ3v) is 2.25. The van der Waals surface area contributed by atoms with Gasteiger partial charge >= 0.3 is 5.97 Å². The Morgan fingerprint density at radius 2 is 1.93 bits per heavy atom. The van der Waals surface area contributed by atoms with Crippen LogP contribution in [0.4, 0.5) is 0 Å². The topological polar surface area (TPSA) is 42.0 Å². The third-order valence-electron chi connectivity index (χ3n) is 2.25. The molecular weight excluding hydrogens is 184 g/mol. The summed E-state index contributed by atoms with van der Waals surface area (Å²) in [7, 11) is 1.67. The van der Waals surface area contributed by atoms with Crippen molar-refractivity contribution in [3.63, 3.8) is 0 Å². The van der Waals surface area contributed by atoms with Crippen molar-refractivity contribution in [1.29, 1.82) is 0 Å². The van der Waals surface area contributed by atoms with E-state index in [9.17, 15) is 4.79 Å². The quantitative estimate of drug-likeness (QED) is 0.587. The zero-order valence-corrected chi connectivity index (χ0v) is 8.86. The summed E-state index contributed by atoms with van der Waals surface area (Å²) in [5.74, 6) is -0.140. The maximum atomic E-state index is 11.2. The average Bonchev–Trinajstić information content (AvgIpc) is 2.19. The summed E-state index contributed by atoms with van der Waals surface area (Å²) in [6.45, 7) is 6.06. The van der Waals surface area contributed by atoms with Crippen LogP contribution >= 0.6 is 0 Å². The van der Waals surface area contributed by atoms with E-state index in [1.54, 1.807) is 7.11 Å². The molecule has 14 heavy (non-hydrogen) atoms. The summed E-state index contributed by atoms with van der Waals surface area (Å²) in [5.41, 5.74) is 0. The van der Waals surface area contributed by atoms with E-state index in [2.05, 4.69) is 4.90 Å². The highest BCUT2D eigenvalue weighted by Crippen LogP contribution is 2.01. The fourth-order valence-corrected chi connectivity index (χ4v) is 1.46. The summed E-state index contributed by atoms with van der Waals surface area (Å²) in [5, 5.41) is 1.89. The van der Waals surface area contributed by atoms with E-state index in [4.69, 9.17) is 9.57 Å². The molecule has 0 aromatic rings. The third kappa shape index (κ3) is 3.61. The molecule has 1 fully saturated rings. The number of esters is 1. The Labute approximate surface area is 84.5 Å². The Morgan fingerprint density at radius 1 is 1.29 bits per heavy atom. The lowest BCUT2D eigenvalue weighted by atomic mass is 10.3. The molecule has 5 heteroatoms. The average molecular weight is 202 g/mol. The number of carbonyl (C=O) groups excluding carboxylic acids is 1. The predicted octanol–water partition coefficient (Wildman–Crippen LogP) is -0.271. The van der Waals surface area contributed by atoms with Gasteiger partial charge in [-0.2, -0.15) is 5.06 Å². The summed E-state index contributed by atoms with van der Waals surface area (Å²) in [4.78, 5) is 18.3. The molecule has 0 saturated carbocycles. The molecule has 0 unspecified atom stereocenters. The second-order valence-corrected chi connectivity index (χ2v) is 3.19. The van der Waals surface area contributed by atoms with Crippen LogP contribution in [-0.4, -0.2) is 62.4 Å². The normalized spacial score (nSPS) is 19.6. The van der Waals surface area contributed by atoms with Crippen LogP contribution in [0.25, 0.3) is 0 Å². The monoisotopic (exact) mass is 202 g/mol. The van der Waals surface area contributed by atoms with Crippen LogP contribution in [0.15, 0.2) is 0 Å². The van der Waals surface area contributed by atoms with Gasteiger partial charge in [-0.3, -0.25) is 9.69 Å². The van der Waals surface area contributed by atoms with Gasteiger partial charge in [0, 0.05) is 26.2 Å². The molecule has 1 aliphatic heterocycles. The van der Waals surface area contributed by atoms with Gasteiger partial charge in [-0.15, -0.1) is 0 Å². The van der Waals surface area contributed by atoms with Crippen LogP contribution in [0.3, 0.4) is 0 Å². The summed E-state index contributed by atoms with van der Waals surface area (Å²) in [6, 6.07) is 0. The van der Waals surface area contributed by atoms with Gasteiger partial charge in [-0.05, 0) is 6.92 Å². The number of hydrogen-bond acceptors (Lipinski definition) is 5. The molecule has 0 aliphatic carbocycles. The molecule has 5 nitrogen and oxygen atoms in total. The predicted molar refractivity (Wildman–Crippen MR) is 51.7 cm³/mol. The second kappa shape index (κ2) is 5.95. The lowest BCUT2D eigenvalue weighted by molar-refractivity contribution is -0.159. The molecule has 82 valence electrons. The second-order valence-electron chi connectivity index (χ2n) is 3.19. The van der Waals surface area contributed by atoms with E-state index in [-0.39, 0.29) is 5.97 Å². The van der Waals surface area contributed by atoms with E-state index in [1.807, 2.05) is 12.0 Å². The highest BCUT2D eigenvalue weighted by Gasteiger charge is 2.18. The number of nitrogens with zero attached hydrogens (tertiary/aromatic N) is 2. The van der Waals surface area contributed by atoms with Gasteiger partial charge in [0.05, 0.1) is 20.3 Å². The molecule has 0 aromatic carbocycles. The lowest BCUT2D eigenvalue weighted by Gasteiger charge is -2.32. The van der Waals surface area contributed by atoms with Crippen molar-refractivity contribution >= 4 is 5.97 Å². The molecule has 0 amide bonds. The Bertz CT molecular complexity index is 179. The highest BCUT2D eigenvalue weighted by molar-refractivity contribution is 5.71. The molecule has 0 bridgehead atoms. The van der Waals surface area contributed by atoms with E-state index in [0.29, 0.717) is 13.2 Å². The van der Waals surface area contributed by atoms with Gasteiger partial charge in [0.2, 0.25) is 0 Å². The zero-order valence-electron chi connectivity index (χ0n) is 8.86. The summed E-state index contributed by atoms with van der Waals surface area (Å²) >= 11 is 0. The molecule has 0 N–H and O–H groups in total. The molecular formula is C9H18N2O3. The number of ether oxygens (including phenoxy) is 1. The number of rotatable bonds is 4. The maximum absolute atomic E-state index is 11.2. The Morgan fingerprint density at radius 3 is 2.43 bits per heavy atom. The first-order valence-corrected chi connectivity index (χ1v) is 4.93. The van der Waals surface area contributed by atoms with Crippen molar-refractivity contribution < 1.29 is 14.4 Å². The first-order valence-electron chi connectivity index (χ1n) is 4.93. The molecule has 1 aliphatic rings. The Kier molecular flexibility index (Phi) is 4.86. The van der Waals surface area contributed by atoms with E-state index in [1.165, 1.54) is 0 Å². The van der Waals surface area contributed by atoms with Gasteiger partial charge in [0.15, 0.2) is 0 Å². The summed E-state index contributed by atoms with van der Waals surface area (Å²) in [6.07, 6.45) is 0. The van der Waals surface area contributed by atoms with Crippen molar-refractivity contribution in [3.8, 4) is 0 Å². The number of hydrogen-bond donors (Lipinski definition) is 0. The van der Waals surface area contributed by atoms with Crippen LogP contribution in [0.1, 0.15) is 6.92 Å². The largest absolute Gasteiger partial charge is 0.465 e. The SMILES string of the molecule is CCOC(=O)CN1CCN(OC)CC1. The van der Waals surface area contributed by atoms with Gasteiger partial charge < -0.3 is 9.57 Å². The standard InChI is InChI=1S/C9H18N2O3/c1-3-14-9(12)8-10-4-6-11(13-2)7-5-10/h3-8H2,1-2H3. The number of carbonyl (C=O) groups is 1. The molecule has 0 atom stereocenters. The fraction of sp³-hybridized carbons (Fsp3) is 0.889. The minimum atomic E-state index is -0.140. The van der Waals surface area contributed by atoms with E-state index < -0.39 is 0 Å². The molecule has 0 aromatic heterocycles. The van der Waals surface area contributed by atoms with Crippen LogP contribution in [0.5, 0.6) is 0 Å². The van der Waals surface area contributed by atoms with Gasteiger partial charge in [0.25, 0.3) is 0 Å². The maximum Gasteiger partial charge on any atom is 0.320 e. The Balaban J connectivity index is 2.18. The van der Waals surface area contributed by atoms with Crippen molar-refractivity contribution in [2.45, 2.75) is 6.92 Å². The minimum absolute atomic E-state index is 0.140. The zero-order chi connectivity index (χ0) is 10.4. The van der Waals surface area contributed by atoms with Crippen molar-refractivity contribution in [2.75, 3.05) is 46.4 Å².